The van der Waals surface area contributed by atoms with Crippen LogP contribution in [0.2, 0.25) is 0 Å². The minimum atomic E-state index is 0.0919. The van der Waals surface area contributed by atoms with Crippen molar-refractivity contribution in [2.75, 3.05) is 26.8 Å². The molecule has 0 saturated carbocycles. The standard InChI is InChI=1S/C20H23NO2/c1-21(15-16-10-12-23-13-11-16)20(22)19-9-5-8-18(14-19)17-6-3-2-4-7-17/h2-9,14,16H,10-13,15H2,1H3. The first kappa shape index (κ1) is 15.8. The third-order valence-corrected chi connectivity index (χ3v) is 4.44. The molecule has 3 heteroatoms. The van der Waals surface area contributed by atoms with Crippen LogP contribution in [-0.4, -0.2) is 37.6 Å². The molecular weight excluding hydrogens is 286 g/mol. The van der Waals surface area contributed by atoms with Gasteiger partial charge in [0.05, 0.1) is 0 Å². The Kier molecular flexibility index (Phi) is 5.09. The quantitative estimate of drug-likeness (QED) is 0.858. The summed E-state index contributed by atoms with van der Waals surface area (Å²) in [5, 5.41) is 0. The van der Waals surface area contributed by atoms with E-state index in [9.17, 15) is 4.79 Å². The zero-order valence-corrected chi connectivity index (χ0v) is 13.6. The normalized spacial score (nSPS) is 15.3. The average molecular weight is 309 g/mol. The summed E-state index contributed by atoms with van der Waals surface area (Å²) in [6.45, 7) is 2.43. The first-order chi connectivity index (χ1) is 11.2. The van der Waals surface area contributed by atoms with Gasteiger partial charge in [0.1, 0.15) is 0 Å². The Morgan fingerprint density at radius 3 is 2.48 bits per heavy atom. The van der Waals surface area contributed by atoms with Gasteiger partial charge in [0.2, 0.25) is 0 Å². The van der Waals surface area contributed by atoms with Gasteiger partial charge < -0.3 is 9.64 Å². The Hall–Kier alpha value is -2.13. The van der Waals surface area contributed by atoms with Crippen LogP contribution in [0.4, 0.5) is 0 Å². The maximum atomic E-state index is 12.7. The molecule has 3 nitrogen and oxygen atoms in total. The van der Waals surface area contributed by atoms with E-state index in [1.807, 2.05) is 54.4 Å². The number of carbonyl (C=O) groups excluding carboxylic acids is 1. The molecule has 1 fully saturated rings. The summed E-state index contributed by atoms with van der Waals surface area (Å²) in [7, 11) is 1.90. The van der Waals surface area contributed by atoms with Crippen molar-refractivity contribution in [1.82, 2.24) is 4.90 Å². The smallest absolute Gasteiger partial charge is 0.253 e. The van der Waals surface area contributed by atoms with Gasteiger partial charge in [0.25, 0.3) is 5.91 Å². The van der Waals surface area contributed by atoms with Gasteiger partial charge in [-0.3, -0.25) is 4.79 Å². The van der Waals surface area contributed by atoms with Gasteiger partial charge in [-0.05, 0) is 42.0 Å². The molecule has 0 radical (unpaired) electrons. The van der Waals surface area contributed by atoms with Crippen molar-refractivity contribution in [2.45, 2.75) is 12.8 Å². The Morgan fingerprint density at radius 2 is 1.74 bits per heavy atom. The van der Waals surface area contributed by atoms with Crippen LogP contribution in [0.25, 0.3) is 11.1 Å². The van der Waals surface area contributed by atoms with Gasteiger partial charge in [0, 0.05) is 32.4 Å². The van der Waals surface area contributed by atoms with E-state index in [2.05, 4.69) is 12.1 Å². The molecule has 0 unspecified atom stereocenters. The molecule has 120 valence electrons. The maximum Gasteiger partial charge on any atom is 0.253 e. The molecular formula is C20H23NO2. The van der Waals surface area contributed by atoms with Gasteiger partial charge >= 0.3 is 0 Å². The monoisotopic (exact) mass is 309 g/mol. The lowest BCUT2D eigenvalue weighted by atomic mass is 9.99. The lowest BCUT2D eigenvalue weighted by Crippen LogP contribution is -2.34. The Bertz CT molecular complexity index is 648. The highest BCUT2D eigenvalue weighted by molar-refractivity contribution is 5.95. The fourth-order valence-electron chi connectivity index (χ4n) is 3.08. The number of hydrogen-bond acceptors (Lipinski definition) is 2. The number of rotatable bonds is 4. The highest BCUT2D eigenvalue weighted by Gasteiger charge is 2.19. The largest absolute Gasteiger partial charge is 0.381 e. The molecule has 23 heavy (non-hydrogen) atoms. The molecule has 0 aliphatic carbocycles. The highest BCUT2D eigenvalue weighted by Crippen LogP contribution is 2.21. The highest BCUT2D eigenvalue weighted by atomic mass is 16.5. The maximum absolute atomic E-state index is 12.7. The molecule has 0 atom stereocenters. The van der Waals surface area contributed by atoms with Crippen molar-refractivity contribution in [1.29, 1.82) is 0 Å². The minimum Gasteiger partial charge on any atom is -0.381 e. The molecule has 1 amide bonds. The van der Waals surface area contributed by atoms with Crippen LogP contribution < -0.4 is 0 Å². The number of benzene rings is 2. The van der Waals surface area contributed by atoms with Gasteiger partial charge in [-0.15, -0.1) is 0 Å². The molecule has 0 N–H and O–H groups in total. The lowest BCUT2D eigenvalue weighted by molar-refractivity contribution is 0.0497. The molecule has 1 aliphatic heterocycles. The van der Waals surface area contributed by atoms with Crippen LogP contribution >= 0.6 is 0 Å². The van der Waals surface area contributed by atoms with Crippen LogP contribution in [0.15, 0.2) is 54.6 Å². The Balaban J connectivity index is 1.71. The Labute approximate surface area is 137 Å². The summed E-state index contributed by atoms with van der Waals surface area (Å²) in [6.07, 6.45) is 2.09. The van der Waals surface area contributed by atoms with Crippen LogP contribution in [0.1, 0.15) is 23.2 Å². The van der Waals surface area contributed by atoms with E-state index in [-0.39, 0.29) is 5.91 Å². The lowest BCUT2D eigenvalue weighted by Gasteiger charge is -2.27. The summed E-state index contributed by atoms with van der Waals surface area (Å²) in [5.41, 5.74) is 2.96. The van der Waals surface area contributed by atoms with Crippen LogP contribution in [0.5, 0.6) is 0 Å². The first-order valence-corrected chi connectivity index (χ1v) is 8.23. The molecule has 1 saturated heterocycles. The summed E-state index contributed by atoms with van der Waals surface area (Å²) >= 11 is 0. The van der Waals surface area contributed by atoms with E-state index in [1.165, 1.54) is 0 Å². The summed E-state index contributed by atoms with van der Waals surface area (Å²) in [6, 6.07) is 18.0. The fourth-order valence-corrected chi connectivity index (χ4v) is 3.08. The third kappa shape index (κ3) is 3.99. The van der Waals surface area contributed by atoms with Crippen molar-refractivity contribution in [3.63, 3.8) is 0 Å². The molecule has 2 aromatic carbocycles. The van der Waals surface area contributed by atoms with Crippen molar-refractivity contribution < 1.29 is 9.53 Å². The zero-order valence-electron chi connectivity index (χ0n) is 13.6. The minimum absolute atomic E-state index is 0.0919. The van der Waals surface area contributed by atoms with E-state index in [0.717, 1.165) is 49.3 Å². The summed E-state index contributed by atoms with van der Waals surface area (Å²) in [4.78, 5) is 14.5. The van der Waals surface area contributed by atoms with Crippen molar-refractivity contribution in [2.24, 2.45) is 5.92 Å². The topological polar surface area (TPSA) is 29.5 Å². The number of carbonyl (C=O) groups is 1. The number of hydrogen-bond donors (Lipinski definition) is 0. The van der Waals surface area contributed by atoms with Crippen LogP contribution in [-0.2, 0) is 4.74 Å². The first-order valence-electron chi connectivity index (χ1n) is 8.23. The van der Waals surface area contributed by atoms with Crippen LogP contribution in [0.3, 0.4) is 0 Å². The zero-order chi connectivity index (χ0) is 16.1. The van der Waals surface area contributed by atoms with Crippen molar-refractivity contribution in [3.05, 3.63) is 60.2 Å². The van der Waals surface area contributed by atoms with Gasteiger partial charge in [-0.1, -0.05) is 42.5 Å². The predicted molar refractivity (Wildman–Crippen MR) is 92.4 cm³/mol. The SMILES string of the molecule is CN(CC1CCOCC1)C(=O)c1cccc(-c2ccccc2)c1. The van der Waals surface area contributed by atoms with Crippen molar-refractivity contribution >= 4 is 5.91 Å². The Morgan fingerprint density at radius 1 is 1.04 bits per heavy atom. The summed E-state index contributed by atoms with van der Waals surface area (Å²) in [5.74, 6) is 0.643. The molecule has 0 aromatic heterocycles. The van der Waals surface area contributed by atoms with Gasteiger partial charge in [-0.2, -0.15) is 0 Å². The van der Waals surface area contributed by atoms with Gasteiger partial charge in [0.15, 0.2) is 0 Å². The average Bonchev–Trinajstić information content (AvgIpc) is 2.63. The van der Waals surface area contributed by atoms with Crippen molar-refractivity contribution in [3.8, 4) is 11.1 Å². The number of amides is 1. The molecule has 1 heterocycles. The van der Waals surface area contributed by atoms with E-state index < -0.39 is 0 Å². The number of ether oxygens (including phenoxy) is 1. The molecule has 0 spiro atoms. The van der Waals surface area contributed by atoms with E-state index in [0.29, 0.717) is 5.92 Å². The van der Waals surface area contributed by atoms with Crippen LogP contribution in [0, 0.1) is 5.92 Å². The second kappa shape index (κ2) is 7.42. The van der Waals surface area contributed by atoms with E-state index >= 15 is 0 Å². The fraction of sp³-hybridized carbons (Fsp3) is 0.350. The number of nitrogens with zero attached hydrogens (tertiary/aromatic N) is 1. The van der Waals surface area contributed by atoms with E-state index in [4.69, 9.17) is 4.74 Å². The second-order valence-electron chi connectivity index (χ2n) is 6.19. The van der Waals surface area contributed by atoms with Gasteiger partial charge in [-0.25, -0.2) is 0 Å². The predicted octanol–water partition coefficient (Wildman–Crippen LogP) is 3.85. The molecule has 1 aliphatic rings. The molecule has 3 rings (SSSR count). The second-order valence-corrected chi connectivity index (χ2v) is 6.19. The molecule has 2 aromatic rings. The van der Waals surface area contributed by atoms with E-state index in [1.54, 1.807) is 0 Å². The molecule has 0 bridgehead atoms. The summed E-state index contributed by atoms with van der Waals surface area (Å²) < 4.78 is 5.39. The third-order valence-electron chi connectivity index (χ3n) is 4.44.